The van der Waals surface area contributed by atoms with Gasteiger partial charge in [-0.25, -0.2) is 9.78 Å². The maximum absolute atomic E-state index is 11.0. The van der Waals surface area contributed by atoms with Crippen molar-refractivity contribution in [3.05, 3.63) is 40.2 Å². The number of carboxylic acid groups (broad SMARTS) is 1. The molecule has 2 aromatic rings. The van der Waals surface area contributed by atoms with E-state index in [1.165, 1.54) is 0 Å². The molecule has 1 saturated carbocycles. The highest BCUT2D eigenvalue weighted by Gasteiger charge is 2.41. The summed E-state index contributed by atoms with van der Waals surface area (Å²) < 4.78 is 5.62. The van der Waals surface area contributed by atoms with Crippen LogP contribution < -0.4 is 0 Å². The van der Waals surface area contributed by atoms with Gasteiger partial charge in [0.15, 0.2) is 0 Å². The van der Waals surface area contributed by atoms with Crippen LogP contribution in [0.25, 0.3) is 11.3 Å². The molecule has 0 radical (unpaired) electrons. The van der Waals surface area contributed by atoms with Gasteiger partial charge in [0.25, 0.3) is 0 Å². The van der Waals surface area contributed by atoms with Gasteiger partial charge in [0.05, 0.1) is 11.3 Å². The summed E-state index contributed by atoms with van der Waals surface area (Å²) in [6.45, 7) is 0. The molecule has 1 heterocycles. The third kappa shape index (κ3) is 2.13. The van der Waals surface area contributed by atoms with Crippen LogP contribution in [0.5, 0.6) is 0 Å². The Bertz CT molecular complexity index is 641. The Balaban J connectivity index is 1.94. The molecule has 1 fully saturated rings. The summed E-state index contributed by atoms with van der Waals surface area (Å²) in [7, 11) is 1.73. The average molecular weight is 289 g/mol. The Morgan fingerprint density at radius 1 is 1.45 bits per heavy atom. The molecule has 20 heavy (non-hydrogen) atoms. The molecule has 4 nitrogen and oxygen atoms in total. The molecule has 0 bridgehead atoms. The fraction of sp³-hybridized carbons (Fsp3) is 0.333. The second-order valence-corrected chi connectivity index (χ2v) is 5.83. The number of ether oxygens (including phenoxy) is 1. The zero-order valence-corrected chi connectivity index (χ0v) is 11.9. The van der Waals surface area contributed by atoms with Crippen molar-refractivity contribution in [3.8, 4) is 11.3 Å². The van der Waals surface area contributed by atoms with Gasteiger partial charge in [0.2, 0.25) is 0 Å². The van der Waals surface area contributed by atoms with Crippen LogP contribution in [0.3, 0.4) is 0 Å². The maximum atomic E-state index is 11.0. The molecule has 1 aliphatic rings. The molecule has 1 aromatic heterocycles. The molecule has 0 amide bonds. The predicted molar refractivity (Wildman–Crippen MR) is 77.0 cm³/mol. The topological polar surface area (TPSA) is 59.4 Å². The average Bonchev–Trinajstić information content (AvgIpc) is 2.88. The fourth-order valence-electron chi connectivity index (χ4n) is 2.43. The van der Waals surface area contributed by atoms with E-state index in [0.717, 1.165) is 35.5 Å². The van der Waals surface area contributed by atoms with Gasteiger partial charge in [-0.05, 0) is 31.4 Å². The smallest absolute Gasteiger partial charge is 0.335 e. The summed E-state index contributed by atoms with van der Waals surface area (Å²) in [6.07, 6.45) is 3.18. The quantitative estimate of drug-likeness (QED) is 0.935. The molecule has 104 valence electrons. The molecule has 0 unspecified atom stereocenters. The maximum Gasteiger partial charge on any atom is 0.335 e. The lowest BCUT2D eigenvalue weighted by molar-refractivity contribution is -0.0778. The summed E-state index contributed by atoms with van der Waals surface area (Å²) >= 11 is 1.58. The largest absolute Gasteiger partial charge is 0.478 e. The molecular formula is C15H15NO3S. The molecule has 0 aliphatic heterocycles. The Labute approximate surface area is 121 Å². The van der Waals surface area contributed by atoms with Crippen LogP contribution in [0.1, 0.15) is 34.6 Å². The van der Waals surface area contributed by atoms with Crippen LogP contribution >= 0.6 is 11.3 Å². The first-order chi connectivity index (χ1) is 9.64. The van der Waals surface area contributed by atoms with Crippen molar-refractivity contribution >= 4 is 17.3 Å². The minimum atomic E-state index is -0.922. The van der Waals surface area contributed by atoms with Crippen molar-refractivity contribution in [2.45, 2.75) is 24.9 Å². The van der Waals surface area contributed by atoms with Crippen molar-refractivity contribution < 1.29 is 14.6 Å². The molecule has 1 N–H and O–H groups in total. The van der Waals surface area contributed by atoms with Crippen molar-refractivity contribution in [2.24, 2.45) is 0 Å². The highest BCUT2D eigenvalue weighted by Crippen LogP contribution is 2.46. The third-order valence-corrected chi connectivity index (χ3v) is 4.88. The van der Waals surface area contributed by atoms with Gasteiger partial charge in [-0.15, -0.1) is 11.3 Å². The summed E-state index contributed by atoms with van der Waals surface area (Å²) in [6, 6.07) is 6.86. The molecule has 0 atom stereocenters. The molecule has 5 heteroatoms. The first-order valence-electron chi connectivity index (χ1n) is 6.49. The van der Waals surface area contributed by atoms with Crippen LogP contribution in [0, 0.1) is 0 Å². The Kier molecular flexibility index (Phi) is 3.31. The van der Waals surface area contributed by atoms with Gasteiger partial charge in [-0.3, -0.25) is 0 Å². The second-order valence-electron chi connectivity index (χ2n) is 4.98. The number of rotatable bonds is 4. The van der Waals surface area contributed by atoms with Gasteiger partial charge < -0.3 is 9.84 Å². The zero-order chi connectivity index (χ0) is 14.2. The number of methoxy groups -OCH3 is 1. The predicted octanol–water partition coefficient (Wildman–Crippen LogP) is 3.53. The minimum absolute atomic E-state index is 0.215. The number of carboxylic acids is 1. The molecule has 1 aliphatic carbocycles. The standard InChI is InChI=1S/C15H15NO3S/c1-19-15(6-3-7-15)14-16-12(9-20-14)10-4-2-5-11(8-10)13(17)18/h2,4-5,8-9H,3,6-7H2,1H3,(H,17,18). The number of carbonyl (C=O) groups is 1. The number of aromatic nitrogens is 1. The van der Waals surface area contributed by atoms with Crippen LogP contribution in [0.4, 0.5) is 0 Å². The van der Waals surface area contributed by atoms with E-state index in [1.54, 1.807) is 36.6 Å². The van der Waals surface area contributed by atoms with Crippen LogP contribution in [-0.2, 0) is 10.3 Å². The van der Waals surface area contributed by atoms with Crippen LogP contribution in [0.2, 0.25) is 0 Å². The van der Waals surface area contributed by atoms with Crippen LogP contribution in [-0.4, -0.2) is 23.2 Å². The van der Waals surface area contributed by atoms with Gasteiger partial charge in [0.1, 0.15) is 10.6 Å². The van der Waals surface area contributed by atoms with Crippen molar-refractivity contribution in [1.29, 1.82) is 0 Å². The number of hydrogen-bond donors (Lipinski definition) is 1. The van der Waals surface area contributed by atoms with E-state index in [0.29, 0.717) is 0 Å². The molecular weight excluding hydrogens is 274 g/mol. The lowest BCUT2D eigenvalue weighted by Gasteiger charge is -2.38. The Morgan fingerprint density at radius 2 is 2.25 bits per heavy atom. The van der Waals surface area contributed by atoms with E-state index in [1.807, 2.05) is 11.4 Å². The van der Waals surface area contributed by atoms with E-state index in [2.05, 4.69) is 4.98 Å². The fourth-order valence-corrected chi connectivity index (χ4v) is 3.50. The summed E-state index contributed by atoms with van der Waals surface area (Å²) in [5.41, 5.74) is 1.71. The number of nitrogens with zero attached hydrogens (tertiary/aromatic N) is 1. The number of aromatic carboxylic acids is 1. The summed E-state index contributed by atoms with van der Waals surface area (Å²) in [5.74, 6) is -0.922. The van der Waals surface area contributed by atoms with Crippen molar-refractivity contribution in [3.63, 3.8) is 0 Å². The minimum Gasteiger partial charge on any atom is -0.478 e. The van der Waals surface area contributed by atoms with Crippen LogP contribution in [0.15, 0.2) is 29.6 Å². The van der Waals surface area contributed by atoms with Gasteiger partial charge in [-0.1, -0.05) is 12.1 Å². The zero-order valence-electron chi connectivity index (χ0n) is 11.1. The third-order valence-electron chi connectivity index (χ3n) is 3.85. The summed E-state index contributed by atoms with van der Waals surface area (Å²) in [4.78, 5) is 15.7. The SMILES string of the molecule is COC1(c2nc(-c3cccc(C(=O)O)c3)cs2)CCC1. The highest BCUT2D eigenvalue weighted by molar-refractivity contribution is 7.10. The first kappa shape index (κ1) is 13.3. The van der Waals surface area contributed by atoms with E-state index in [4.69, 9.17) is 9.84 Å². The molecule has 1 aromatic carbocycles. The number of hydrogen-bond acceptors (Lipinski definition) is 4. The van der Waals surface area contributed by atoms with E-state index in [-0.39, 0.29) is 11.2 Å². The number of thiazole rings is 1. The second kappa shape index (κ2) is 5.00. The monoisotopic (exact) mass is 289 g/mol. The molecule has 0 saturated heterocycles. The van der Waals surface area contributed by atoms with Crippen molar-refractivity contribution in [2.75, 3.05) is 7.11 Å². The van der Waals surface area contributed by atoms with E-state index >= 15 is 0 Å². The Morgan fingerprint density at radius 3 is 2.85 bits per heavy atom. The van der Waals surface area contributed by atoms with E-state index in [9.17, 15) is 4.79 Å². The number of benzene rings is 1. The summed E-state index contributed by atoms with van der Waals surface area (Å²) in [5, 5.41) is 12.0. The molecule has 3 rings (SSSR count). The lowest BCUT2D eigenvalue weighted by atomic mass is 9.80. The van der Waals surface area contributed by atoms with Gasteiger partial charge >= 0.3 is 5.97 Å². The van der Waals surface area contributed by atoms with Crippen molar-refractivity contribution in [1.82, 2.24) is 4.98 Å². The van der Waals surface area contributed by atoms with Gasteiger partial charge in [-0.2, -0.15) is 0 Å². The first-order valence-corrected chi connectivity index (χ1v) is 7.37. The van der Waals surface area contributed by atoms with E-state index < -0.39 is 5.97 Å². The normalized spacial score (nSPS) is 16.6. The van der Waals surface area contributed by atoms with Gasteiger partial charge in [0, 0.05) is 18.1 Å². The lowest BCUT2D eigenvalue weighted by Crippen LogP contribution is -2.35. The molecule has 0 spiro atoms. The Hall–Kier alpha value is -1.72. The highest BCUT2D eigenvalue weighted by atomic mass is 32.1.